The van der Waals surface area contributed by atoms with Crippen molar-refractivity contribution in [2.24, 2.45) is 17.6 Å². The van der Waals surface area contributed by atoms with Gasteiger partial charge >= 0.3 is 5.97 Å². The fourth-order valence-corrected chi connectivity index (χ4v) is 16.0. The summed E-state index contributed by atoms with van der Waals surface area (Å²) >= 11 is 0.736. The number of amides is 14. The molecular formula is C93H118F2N16O19S. The molecule has 8 rings (SSSR count). The summed E-state index contributed by atoms with van der Waals surface area (Å²) < 4.78 is 30.2. The molecule has 131 heavy (non-hydrogen) atoms. The number of hydrogen-bond donors (Lipinski definition) is 15. The minimum Gasteiger partial charge on any atom is -0.508 e. The van der Waals surface area contributed by atoms with Crippen LogP contribution in [0.3, 0.4) is 0 Å². The van der Waals surface area contributed by atoms with E-state index in [1.54, 1.807) is 126 Å². The molecule has 1 aromatic heterocycles. The largest absolute Gasteiger partial charge is 0.508 e. The van der Waals surface area contributed by atoms with E-state index in [4.69, 9.17) is 5.73 Å². The van der Waals surface area contributed by atoms with Gasteiger partial charge in [-0.2, -0.15) is 0 Å². The van der Waals surface area contributed by atoms with Crippen LogP contribution in [0, 0.1) is 23.5 Å². The number of aromatic amines is 1. The van der Waals surface area contributed by atoms with Crippen molar-refractivity contribution >= 4 is 111 Å². The van der Waals surface area contributed by atoms with Crippen molar-refractivity contribution in [2.45, 2.75) is 178 Å². The summed E-state index contributed by atoms with van der Waals surface area (Å²) in [4.78, 5) is 231. The van der Waals surface area contributed by atoms with Crippen molar-refractivity contribution in [3.05, 3.63) is 203 Å². The van der Waals surface area contributed by atoms with Crippen molar-refractivity contribution in [3.63, 3.8) is 0 Å². The molecule has 14 amide bonds. The third-order valence-corrected chi connectivity index (χ3v) is 23.2. The maximum Gasteiger partial charge on any atom is 0.305 e. The lowest BCUT2D eigenvalue weighted by Gasteiger charge is -2.37. The van der Waals surface area contributed by atoms with Crippen molar-refractivity contribution in [1.29, 1.82) is 0 Å². The molecule has 1 fully saturated rings. The number of carbonyl (C=O) groups excluding carboxylic acids is 14. The molecule has 38 heteroatoms. The van der Waals surface area contributed by atoms with E-state index in [1.807, 2.05) is 0 Å². The van der Waals surface area contributed by atoms with Crippen molar-refractivity contribution in [1.82, 2.24) is 77.3 Å². The molecule has 704 valence electrons. The van der Waals surface area contributed by atoms with E-state index >= 15 is 42.3 Å². The molecule has 12 atom stereocenters. The standard InChI is InChI=1S/C93H118F2N16O19S/c1-11-12-27-74-91(128)108(7)50-79(116)100-70(46-81(118)119)87(124)106-82(54(4)5)93(130)110(9)75(42-55-21-15-13-16-22-55)88(125)104-71(40-58-30-34-64(113)35-31-58)89(126)107(6)49-78(115)99-69(44-60-47-97-66-26-20-19-25-65(60)66)86(123)103-68(39-57-28-32-63(112)33-29-57)85(122)102-67(36-53(2)3)84(121)105-73(83(120)98-48-77(96)114)51-131-52-80(117)101-72(41-59-37-61(94)45-62(95)38-59)90(127)111(10)76(92(129)109(74)8)43-56-23-17-14-18-24-56/h13-26,28-35,37-38,45,47,53-54,67-77,82,97,112-114H,11-12,27,36,39-44,46,48-52,96H2,1-10H3,(H,98,120)(H,99,115)(H,100,116)(H,101,117)(H,102,122)(H,103,123)(H,104,125)(H,105,121)(H,106,124)(H,118,119). The summed E-state index contributed by atoms with van der Waals surface area (Å²) in [5.74, 6) is -19.7. The van der Waals surface area contributed by atoms with Gasteiger partial charge in [0, 0.05) is 103 Å². The molecule has 7 aromatic rings. The quantitative estimate of drug-likeness (QED) is 0.0409. The van der Waals surface area contributed by atoms with E-state index in [-0.39, 0.29) is 62.0 Å². The van der Waals surface area contributed by atoms with E-state index in [9.17, 15) is 58.8 Å². The Balaban J connectivity index is 1.22. The summed E-state index contributed by atoms with van der Waals surface area (Å²) in [7, 11) is 6.25. The van der Waals surface area contributed by atoms with Gasteiger partial charge in [0.05, 0.1) is 31.8 Å². The first-order valence-electron chi connectivity index (χ1n) is 43.0. The SMILES string of the molecule is CCCCC1C(=O)N(C)CC(=O)NC(CC(=O)O)C(=O)NC(C(C)C)C(=O)N(C)C(Cc2ccccc2)C(=O)NC(Cc2ccc(O)cc2)C(=O)N(C)CC(=O)NC(Cc2c[nH]c3ccccc23)C(=O)NC(Cc2ccc(O)cc2)C(=O)NC(CC(C)C)C(=O)NC(C(=O)NCC(N)O)CSCC(=O)NC(Cc2cc(F)cc(F)c2)C(=O)N(C)C(Cc2ccccc2)C(=O)N1C. The van der Waals surface area contributed by atoms with Crippen molar-refractivity contribution in [2.75, 3.05) is 66.4 Å². The lowest BCUT2D eigenvalue weighted by Crippen LogP contribution is -2.61. The smallest absolute Gasteiger partial charge is 0.305 e. The summed E-state index contributed by atoms with van der Waals surface area (Å²) in [6.07, 6.45) is -2.44. The van der Waals surface area contributed by atoms with Gasteiger partial charge in [0.2, 0.25) is 82.7 Å². The monoisotopic (exact) mass is 1830 g/mol. The molecule has 6 aromatic carbocycles. The molecule has 2 heterocycles. The average molecular weight is 1830 g/mol. The van der Waals surface area contributed by atoms with E-state index in [2.05, 4.69) is 52.8 Å². The number of fused-ring (bicyclic) bond motifs is 1. The number of phenols is 2. The first kappa shape index (κ1) is 103. The zero-order chi connectivity index (χ0) is 96.0. The van der Waals surface area contributed by atoms with E-state index in [1.165, 1.54) is 83.8 Å². The van der Waals surface area contributed by atoms with Crippen molar-refractivity contribution in [3.8, 4) is 11.5 Å². The van der Waals surface area contributed by atoms with Gasteiger partial charge in [-0.15, -0.1) is 11.8 Å². The number of H-pyrrole nitrogens is 1. The summed E-state index contributed by atoms with van der Waals surface area (Å²) in [6, 6.07) is 19.7. The summed E-state index contributed by atoms with van der Waals surface area (Å²) in [5.41, 5.74) is 8.40. The van der Waals surface area contributed by atoms with Gasteiger partial charge in [-0.1, -0.05) is 151 Å². The number of carbonyl (C=O) groups is 15. The van der Waals surface area contributed by atoms with Gasteiger partial charge in [0.25, 0.3) is 0 Å². The molecule has 0 bridgehead atoms. The van der Waals surface area contributed by atoms with Crippen LogP contribution >= 0.6 is 11.8 Å². The number of nitrogens with one attached hydrogen (secondary N) is 10. The van der Waals surface area contributed by atoms with Gasteiger partial charge in [0.1, 0.15) is 95.8 Å². The number of carboxylic acid groups (broad SMARTS) is 1. The fourth-order valence-electron chi connectivity index (χ4n) is 15.1. The molecule has 35 nitrogen and oxygen atoms in total. The summed E-state index contributed by atoms with van der Waals surface area (Å²) in [6.45, 7) is 6.11. The Bertz CT molecular complexity index is 5130. The number of aliphatic hydroxyl groups excluding tert-OH is 1. The number of nitrogens with zero attached hydrogens (tertiary/aromatic N) is 5. The van der Waals surface area contributed by atoms with Crippen LogP contribution in [0.15, 0.2) is 158 Å². The Morgan fingerprint density at radius 2 is 0.954 bits per heavy atom. The van der Waals surface area contributed by atoms with Gasteiger partial charge in [-0.3, -0.25) is 71.9 Å². The minimum absolute atomic E-state index is 0.0386. The third-order valence-electron chi connectivity index (χ3n) is 22.2. The number of rotatable bonds is 23. The molecule has 1 saturated heterocycles. The third kappa shape index (κ3) is 31.2. The van der Waals surface area contributed by atoms with Gasteiger partial charge in [0.15, 0.2) is 0 Å². The number of nitrogens with two attached hydrogens (primary N) is 1. The number of aromatic nitrogens is 1. The number of para-hydroxylation sites is 1. The number of aliphatic carboxylic acids is 1. The lowest BCUT2D eigenvalue weighted by molar-refractivity contribution is -0.151. The minimum atomic E-state index is -1.94. The highest BCUT2D eigenvalue weighted by Crippen LogP contribution is 2.25. The number of likely N-dealkylation sites (N-methyl/N-ethyl adjacent to an activating group) is 5. The molecule has 0 saturated carbocycles. The van der Waals surface area contributed by atoms with Crippen molar-refractivity contribution < 1.29 is 101 Å². The molecule has 0 spiro atoms. The Hall–Kier alpha value is -13.4. The van der Waals surface area contributed by atoms with Gasteiger partial charge < -0.3 is 103 Å². The van der Waals surface area contributed by atoms with E-state index in [0.717, 1.165) is 48.4 Å². The van der Waals surface area contributed by atoms with Crippen LogP contribution < -0.4 is 53.6 Å². The predicted octanol–water partition coefficient (Wildman–Crippen LogP) is 2.40. The number of phenolic OH excluding ortho intramolecular Hbond substituents is 2. The Morgan fingerprint density at radius 3 is 1.51 bits per heavy atom. The first-order valence-corrected chi connectivity index (χ1v) is 44.2. The Labute approximate surface area is 762 Å². The highest BCUT2D eigenvalue weighted by molar-refractivity contribution is 8.00. The summed E-state index contributed by atoms with van der Waals surface area (Å²) in [5, 5.41) is 65.4. The molecule has 0 radical (unpaired) electrons. The van der Waals surface area contributed by atoms with Crippen LogP contribution in [0.5, 0.6) is 11.5 Å². The fraction of sp³-hybridized carbons (Fsp3) is 0.430. The number of halogens is 2. The molecule has 12 unspecified atom stereocenters. The normalized spacial score (nSPS) is 22.1. The second kappa shape index (κ2) is 49.4. The number of aliphatic hydroxyl groups is 1. The number of aromatic hydroxyl groups is 2. The van der Waals surface area contributed by atoms with Crippen LogP contribution in [-0.2, 0) is 110 Å². The predicted molar refractivity (Wildman–Crippen MR) is 483 cm³/mol. The number of thioether (sulfide) groups is 1. The Kier molecular flexibility index (Phi) is 38.9. The number of benzene rings is 6. The molecule has 16 N–H and O–H groups in total. The first-order chi connectivity index (χ1) is 62.2. The van der Waals surface area contributed by atoms with Crippen LogP contribution in [0.2, 0.25) is 0 Å². The topological polar surface area (TPSA) is 503 Å². The van der Waals surface area contributed by atoms with Crippen LogP contribution in [0.1, 0.15) is 100 Å². The maximum atomic E-state index is 15.5. The molecule has 1 aliphatic heterocycles. The highest BCUT2D eigenvalue weighted by atomic mass is 32.2. The zero-order valence-corrected chi connectivity index (χ0v) is 75.6. The highest BCUT2D eigenvalue weighted by Gasteiger charge is 2.42. The molecular weight excluding hydrogens is 1720 g/mol. The molecule has 0 aliphatic carbocycles. The number of carboxylic acids is 1. The number of unbranched alkanes of at least 4 members (excludes halogenated alkanes) is 1. The molecule has 1 aliphatic rings. The number of hydrogen-bond acceptors (Lipinski definition) is 20. The van der Waals surface area contributed by atoms with Gasteiger partial charge in [-0.05, 0) is 101 Å². The van der Waals surface area contributed by atoms with Crippen LogP contribution in [-0.4, -0.2) is 278 Å². The second-order valence-corrected chi connectivity index (χ2v) is 34.5. The average Bonchev–Trinajstić information content (AvgIpc) is 1.41. The zero-order valence-electron chi connectivity index (χ0n) is 74.8. The maximum absolute atomic E-state index is 15.5. The Morgan fingerprint density at radius 1 is 0.489 bits per heavy atom. The van der Waals surface area contributed by atoms with E-state index in [0.29, 0.717) is 57.6 Å². The van der Waals surface area contributed by atoms with Crippen LogP contribution in [0.25, 0.3) is 10.9 Å². The second-order valence-electron chi connectivity index (χ2n) is 33.5. The van der Waals surface area contributed by atoms with E-state index < -0.39 is 229 Å². The lowest BCUT2D eigenvalue weighted by atomic mass is 9.98. The van der Waals surface area contributed by atoms with Gasteiger partial charge in [-0.25, -0.2) is 8.78 Å². The van der Waals surface area contributed by atoms with Crippen LogP contribution in [0.4, 0.5) is 8.78 Å².